The van der Waals surface area contributed by atoms with Crippen molar-refractivity contribution in [3.05, 3.63) is 24.0 Å². The van der Waals surface area contributed by atoms with E-state index in [1.807, 2.05) is 0 Å². The Labute approximate surface area is 181 Å². The summed E-state index contributed by atoms with van der Waals surface area (Å²) in [5, 5.41) is 12.9. The van der Waals surface area contributed by atoms with Crippen molar-refractivity contribution < 1.29 is 19.4 Å². The lowest BCUT2D eigenvalue weighted by molar-refractivity contribution is -0.304. The Kier molecular flexibility index (Phi) is 23.5. The first-order valence-electron chi connectivity index (χ1n) is 10.3. The quantitative estimate of drug-likeness (QED) is 0.217. The molecule has 0 aliphatic carbocycles. The fraction of sp³-hybridized carbons (Fsp3) is 0.727. The summed E-state index contributed by atoms with van der Waals surface area (Å²) in [6.45, 7) is 12.7. The number of carboxylic acid groups (broad SMARTS) is 1. The van der Waals surface area contributed by atoms with Crippen LogP contribution in [-0.2, 0) is 14.3 Å². The lowest BCUT2D eigenvalue weighted by Gasteiger charge is -2.16. The van der Waals surface area contributed by atoms with Gasteiger partial charge in [0.15, 0.2) is 0 Å². The van der Waals surface area contributed by atoms with Crippen LogP contribution in [0.25, 0.3) is 0 Å². The maximum Gasteiger partial charge on any atom is 0.318 e. The molecule has 0 N–H and O–H groups in total. The zero-order chi connectivity index (χ0) is 21.6. The summed E-state index contributed by atoms with van der Waals surface area (Å²) in [6, 6.07) is 0. The van der Waals surface area contributed by atoms with E-state index in [1.165, 1.54) is 70.1 Å². The molecule has 2 atom stereocenters. The molecule has 0 spiro atoms. The van der Waals surface area contributed by atoms with Gasteiger partial charge in [-0.15, -0.1) is 23.5 Å². The van der Waals surface area contributed by atoms with Crippen molar-refractivity contribution in [2.24, 2.45) is 0 Å². The van der Waals surface area contributed by atoms with Gasteiger partial charge in [0.25, 0.3) is 0 Å². The molecule has 0 amide bonds. The Hall–Kier alpha value is -0.880. The summed E-state index contributed by atoms with van der Waals surface area (Å²) >= 11 is 2.55. The molecule has 0 saturated heterocycles. The number of rotatable bonds is 17. The molecule has 0 aromatic heterocycles. The Morgan fingerprint density at radius 1 is 0.893 bits per heavy atom. The highest BCUT2D eigenvalue weighted by atomic mass is 32.2. The lowest BCUT2D eigenvalue weighted by atomic mass is 10.1. The number of hydrogen-bond acceptors (Lipinski definition) is 6. The van der Waals surface area contributed by atoms with Crippen LogP contribution in [0.1, 0.15) is 85.0 Å². The lowest BCUT2D eigenvalue weighted by Crippen LogP contribution is -2.33. The van der Waals surface area contributed by atoms with E-state index in [9.17, 15) is 14.7 Å². The molecule has 0 saturated carbocycles. The number of hydrogen-bond donors (Lipinski definition) is 0. The van der Waals surface area contributed by atoms with Gasteiger partial charge in [0.1, 0.15) is 5.25 Å². The van der Waals surface area contributed by atoms with Gasteiger partial charge in [-0.3, -0.25) is 4.79 Å². The van der Waals surface area contributed by atoms with E-state index in [0.717, 1.165) is 24.6 Å². The monoisotopic (exact) mass is 431 g/mol. The van der Waals surface area contributed by atoms with Gasteiger partial charge in [0, 0.05) is 5.25 Å². The number of carbonyl (C=O) groups is 2. The molecule has 6 heteroatoms. The van der Waals surface area contributed by atoms with Crippen molar-refractivity contribution in [2.75, 3.05) is 6.61 Å². The van der Waals surface area contributed by atoms with Crippen molar-refractivity contribution in [2.45, 2.75) is 95.5 Å². The number of thioether (sulfide) groups is 2. The maximum atomic E-state index is 11.7. The molecule has 0 aliphatic rings. The molecule has 28 heavy (non-hydrogen) atoms. The third-order valence-electron chi connectivity index (χ3n) is 4.01. The number of carboxylic acids is 1. The number of aliphatic carboxylic acids is 1. The second kappa shape index (κ2) is 22.4. The standard InChI is InChI=1S/C18H34O4S.C4H6S/c1-4-5-6-7-8-9-10-11-12-13-14-22-18(21)16(3)23-15(2)17(19)20;1-3-5-4-2/h15-16H,4-14H2,1-3H3,(H,19,20);3-4H,1-2H2/p-1. The first-order valence-corrected chi connectivity index (χ1v) is 12.2. The second-order valence-corrected chi connectivity index (χ2v) is 9.18. The van der Waals surface area contributed by atoms with E-state index >= 15 is 0 Å². The average molecular weight is 432 g/mol. The number of carbonyl (C=O) groups excluding carboxylic acids is 2. The van der Waals surface area contributed by atoms with Gasteiger partial charge >= 0.3 is 5.97 Å². The van der Waals surface area contributed by atoms with E-state index < -0.39 is 16.5 Å². The first-order chi connectivity index (χ1) is 13.4. The Balaban J connectivity index is 0. The van der Waals surface area contributed by atoms with Gasteiger partial charge in [-0.2, -0.15) is 0 Å². The molecule has 4 nitrogen and oxygen atoms in total. The minimum Gasteiger partial charge on any atom is -0.549 e. The van der Waals surface area contributed by atoms with Crippen molar-refractivity contribution in [1.29, 1.82) is 0 Å². The van der Waals surface area contributed by atoms with Gasteiger partial charge in [-0.05, 0) is 31.1 Å². The summed E-state index contributed by atoms with van der Waals surface area (Å²) in [4.78, 5) is 22.3. The topological polar surface area (TPSA) is 66.4 Å². The van der Waals surface area contributed by atoms with Crippen LogP contribution < -0.4 is 5.11 Å². The Bertz CT molecular complexity index is 407. The van der Waals surface area contributed by atoms with E-state index in [0.29, 0.717) is 6.61 Å². The molecule has 0 radical (unpaired) electrons. The van der Waals surface area contributed by atoms with E-state index in [1.54, 1.807) is 17.7 Å². The van der Waals surface area contributed by atoms with Crippen LogP contribution in [-0.4, -0.2) is 29.0 Å². The zero-order valence-corrected chi connectivity index (χ0v) is 19.6. The summed E-state index contributed by atoms with van der Waals surface area (Å²) in [5.41, 5.74) is 0. The molecule has 0 fully saturated rings. The average Bonchev–Trinajstić information content (AvgIpc) is 2.66. The fourth-order valence-electron chi connectivity index (χ4n) is 2.36. The molecule has 0 aliphatic heterocycles. The molecule has 0 aromatic rings. The van der Waals surface area contributed by atoms with Crippen molar-refractivity contribution in [3.63, 3.8) is 0 Å². The van der Waals surface area contributed by atoms with E-state index in [4.69, 9.17) is 4.74 Å². The minimum absolute atomic E-state index is 0.334. The highest BCUT2D eigenvalue weighted by Gasteiger charge is 2.18. The maximum absolute atomic E-state index is 11.7. The fourth-order valence-corrected chi connectivity index (χ4v) is 3.40. The highest BCUT2D eigenvalue weighted by Crippen LogP contribution is 2.18. The van der Waals surface area contributed by atoms with Gasteiger partial charge in [0.05, 0.1) is 12.6 Å². The molecule has 0 aromatic carbocycles. The normalized spacial score (nSPS) is 12.2. The van der Waals surface area contributed by atoms with Crippen LogP contribution >= 0.6 is 23.5 Å². The third kappa shape index (κ3) is 21.4. The van der Waals surface area contributed by atoms with Crippen LogP contribution in [0.4, 0.5) is 0 Å². The summed E-state index contributed by atoms with van der Waals surface area (Å²) < 4.78 is 5.18. The van der Waals surface area contributed by atoms with Gasteiger partial charge in [-0.1, -0.05) is 77.9 Å². The first kappa shape index (κ1) is 29.3. The number of esters is 1. The predicted octanol–water partition coefficient (Wildman–Crippen LogP) is 5.72. The van der Waals surface area contributed by atoms with Crippen LogP contribution in [0.2, 0.25) is 0 Å². The number of ether oxygens (including phenoxy) is 1. The summed E-state index contributed by atoms with van der Waals surface area (Å²) in [7, 11) is 0. The number of unbranched alkanes of at least 4 members (excludes halogenated alkanes) is 9. The minimum atomic E-state index is -1.15. The SMILES string of the molecule is C=CSC=C.CCCCCCCCCCCCOC(=O)C(C)SC(C)C(=O)[O-]. The van der Waals surface area contributed by atoms with Gasteiger partial charge in [0.2, 0.25) is 0 Å². The summed E-state index contributed by atoms with van der Waals surface area (Å²) in [6.07, 6.45) is 12.4. The Morgan fingerprint density at radius 2 is 1.36 bits per heavy atom. The molecular weight excluding hydrogens is 392 g/mol. The molecule has 0 heterocycles. The van der Waals surface area contributed by atoms with Crippen molar-refractivity contribution in [3.8, 4) is 0 Å². The van der Waals surface area contributed by atoms with E-state index in [2.05, 4.69) is 20.1 Å². The zero-order valence-electron chi connectivity index (χ0n) is 18.0. The smallest absolute Gasteiger partial charge is 0.318 e. The second-order valence-electron chi connectivity index (χ2n) is 6.56. The third-order valence-corrected chi connectivity index (χ3v) is 5.59. The van der Waals surface area contributed by atoms with E-state index in [-0.39, 0.29) is 5.97 Å². The molecule has 164 valence electrons. The van der Waals surface area contributed by atoms with Crippen LogP contribution in [0, 0.1) is 0 Å². The molecule has 2 unspecified atom stereocenters. The van der Waals surface area contributed by atoms with Crippen molar-refractivity contribution >= 4 is 35.5 Å². The van der Waals surface area contributed by atoms with Crippen molar-refractivity contribution in [1.82, 2.24) is 0 Å². The van der Waals surface area contributed by atoms with Gasteiger partial charge in [-0.25, -0.2) is 0 Å². The largest absolute Gasteiger partial charge is 0.549 e. The molecule has 0 bridgehead atoms. The van der Waals surface area contributed by atoms with Crippen LogP contribution in [0.3, 0.4) is 0 Å². The Morgan fingerprint density at radius 3 is 1.75 bits per heavy atom. The van der Waals surface area contributed by atoms with Crippen LogP contribution in [0.5, 0.6) is 0 Å². The summed E-state index contributed by atoms with van der Waals surface area (Å²) in [5.74, 6) is -1.48. The molecule has 0 rings (SSSR count). The highest BCUT2D eigenvalue weighted by molar-refractivity contribution is 8.04. The predicted molar refractivity (Wildman–Crippen MR) is 122 cm³/mol. The molecular formula is C22H39O4S2-. The van der Waals surface area contributed by atoms with Gasteiger partial charge < -0.3 is 14.6 Å². The van der Waals surface area contributed by atoms with Crippen LogP contribution in [0.15, 0.2) is 24.0 Å².